The molecule has 2 rings (SSSR count). The van der Waals surface area contributed by atoms with Crippen molar-refractivity contribution in [2.24, 2.45) is 11.8 Å². The average molecular weight is 192 g/mol. The van der Waals surface area contributed by atoms with E-state index in [4.69, 9.17) is 4.74 Å². The van der Waals surface area contributed by atoms with Gasteiger partial charge in [0.1, 0.15) is 5.60 Å². The number of aliphatic hydroxyl groups is 1. The van der Waals surface area contributed by atoms with E-state index < -0.39 is 0 Å². The molecule has 1 heterocycles. The highest BCUT2D eigenvalue weighted by atomic mass is 16.5. The summed E-state index contributed by atoms with van der Waals surface area (Å²) in [6.45, 7) is 6.05. The molecule has 2 aliphatic rings. The van der Waals surface area contributed by atoms with Crippen molar-refractivity contribution >= 4 is 0 Å². The van der Waals surface area contributed by atoms with Crippen LogP contribution in [0.5, 0.6) is 0 Å². The van der Waals surface area contributed by atoms with Crippen LogP contribution in [0.4, 0.5) is 0 Å². The Morgan fingerprint density at radius 2 is 2.50 bits per heavy atom. The summed E-state index contributed by atoms with van der Waals surface area (Å²) in [5, 5.41) is 9.20. The standard InChI is InChI=1S/C12H16O2/c1-3-11-6-10(8-13)7-12(14-11)5-4-9(12)2/h3,9-11,13H,1,6-8H2,2H3/t9-,10?,11-,12-/m1/s1. The first kappa shape index (κ1) is 9.76. The van der Waals surface area contributed by atoms with Crippen LogP contribution >= 0.6 is 0 Å². The van der Waals surface area contributed by atoms with E-state index >= 15 is 0 Å². The first-order valence-electron chi connectivity index (χ1n) is 5.14. The van der Waals surface area contributed by atoms with Gasteiger partial charge in [0.25, 0.3) is 0 Å². The molecule has 1 aliphatic carbocycles. The molecule has 1 aliphatic heterocycles. The molecular weight excluding hydrogens is 176 g/mol. The van der Waals surface area contributed by atoms with Gasteiger partial charge in [0.05, 0.1) is 12.0 Å². The smallest absolute Gasteiger partial charge is 0.143 e. The molecule has 0 radical (unpaired) electrons. The van der Waals surface area contributed by atoms with Gasteiger partial charge in [-0.1, -0.05) is 17.9 Å². The van der Waals surface area contributed by atoms with Crippen molar-refractivity contribution in [1.29, 1.82) is 0 Å². The minimum Gasteiger partial charge on any atom is -0.396 e. The summed E-state index contributed by atoms with van der Waals surface area (Å²) in [6.07, 6.45) is 3.60. The average Bonchev–Trinajstić information content (AvgIpc) is 2.26. The fourth-order valence-electron chi connectivity index (χ4n) is 2.23. The van der Waals surface area contributed by atoms with Crippen molar-refractivity contribution < 1.29 is 9.84 Å². The zero-order valence-corrected chi connectivity index (χ0v) is 8.49. The summed E-state index contributed by atoms with van der Waals surface area (Å²) in [6, 6.07) is 0. The van der Waals surface area contributed by atoms with Gasteiger partial charge in [-0.2, -0.15) is 0 Å². The highest BCUT2D eigenvalue weighted by Crippen LogP contribution is 2.41. The summed E-state index contributed by atoms with van der Waals surface area (Å²) in [4.78, 5) is 0. The van der Waals surface area contributed by atoms with Crippen molar-refractivity contribution in [1.82, 2.24) is 0 Å². The fourth-order valence-corrected chi connectivity index (χ4v) is 2.23. The monoisotopic (exact) mass is 192 g/mol. The molecule has 1 unspecified atom stereocenters. The maximum atomic E-state index is 9.20. The summed E-state index contributed by atoms with van der Waals surface area (Å²) in [7, 11) is 0. The van der Waals surface area contributed by atoms with Gasteiger partial charge in [-0.15, -0.1) is 6.58 Å². The second-order valence-electron chi connectivity index (χ2n) is 4.26. The van der Waals surface area contributed by atoms with E-state index in [-0.39, 0.29) is 18.3 Å². The molecule has 0 bridgehead atoms. The lowest BCUT2D eigenvalue weighted by molar-refractivity contribution is -0.122. The quantitative estimate of drug-likeness (QED) is 0.528. The molecule has 0 saturated carbocycles. The van der Waals surface area contributed by atoms with Gasteiger partial charge >= 0.3 is 0 Å². The predicted molar refractivity (Wildman–Crippen MR) is 54.6 cm³/mol. The van der Waals surface area contributed by atoms with E-state index in [0.717, 1.165) is 12.8 Å². The second kappa shape index (κ2) is 3.42. The third-order valence-corrected chi connectivity index (χ3v) is 3.24. The molecule has 1 spiro atoms. The first-order chi connectivity index (χ1) is 6.70. The van der Waals surface area contributed by atoms with Gasteiger partial charge < -0.3 is 9.84 Å². The maximum Gasteiger partial charge on any atom is 0.143 e. The molecule has 14 heavy (non-hydrogen) atoms. The fraction of sp³-hybridized carbons (Fsp3) is 0.667. The molecule has 1 N–H and O–H groups in total. The predicted octanol–water partition coefficient (Wildman–Crippen LogP) is 1.35. The SMILES string of the molecule is C=C[C@@H]1CC(CO)C[C@@]2(C#C[C@H]2C)O1. The van der Waals surface area contributed by atoms with Crippen LogP contribution in [0.1, 0.15) is 19.8 Å². The highest BCUT2D eigenvalue weighted by Gasteiger charge is 2.46. The highest BCUT2D eigenvalue weighted by molar-refractivity contribution is 5.33. The minimum absolute atomic E-state index is 0.0537. The van der Waals surface area contributed by atoms with Crippen molar-refractivity contribution in [3.05, 3.63) is 12.7 Å². The molecule has 0 aromatic carbocycles. The Kier molecular flexibility index (Phi) is 2.38. The van der Waals surface area contributed by atoms with Gasteiger partial charge in [0.2, 0.25) is 0 Å². The molecule has 2 heteroatoms. The topological polar surface area (TPSA) is 29.5 Å². The van der Waals surface area contributed by atoms with E-state index in [9.17, 15) is 5.11 Å². The van der Waals surface area contributed by atoms with E-state index in [1.165, 1.54) is 0 Å². The van der Waals surface area contributed by atoms with Gasteiger partial charge in [-0.25, -0.2) is 0 Å². The lowest BCUT2D eigenvalue weighted by Gasteiger charge is -2.45. The van der Waals surface area contributed by atoms with Crippen LogP contribution in [-0.2, 0) is 4.74 Å². The van der Waals surface area contributed by atoms with Crippen LogP contribution in [0, 0.1) is 23.7 Å². The van der Waals surface area contributed by atoms with E-state index in [0.29, 0.717) is 11.8 Å². The van der Waals surface area contributed by atoms with Crippen molar-refractivity contribution in [2.75, 3.05) is 6.61 Å². The number of aliphatic hydroxyl groups excluding tert-OH is 1. The summed E-state index contributed by atoms with van der Waals surface area (Å²) in [5.74, 6) is 6.78. The van der Waals surface area contributed by atoms with Gasteiger partial charge in [0, 0.05) is 6.61 Å². The van der Waals surface area contributed by atoms with Crippen LogP contribution in [-0.4, -0.2) is 23.4 Å². The molecule has 2 nitrogen and oxygen atoms in total. The minimum atomic E-state index is -0.287. The Morgan fingerprint density at radius 1 is 1.71 bits per heavy atom. The molecule has 1 saturated heterocycles. The summed E-state index contributed by atoms with van der Waals surface area (Å²) in [5.41, 5.74) is -0.287. The summed E-state index contributed by atoms with van der Waals surface area (Å²) >= 11 is 0. The Bertz CT molecular complexity index is 299. The third-order valence-electron chi connectivity index (χ3n) is 3.24. The lowest BCUT2D eigenvalue weighted by atomic mass is 9.72. The van der Waals surface area contributed by atoms with Crippen LogP contribution < -0.4 is 0 Å². The van der Waals surface area contributed by atoms with Crippen LogP contribution in [0.15, 0.2) is 12.7 Å². The Hall–Kier alpha value is -0.780. The summed E-state index contributed by atoms with van der Waals surface area (Å²) < 4.78 is 5.90. The van der Waals surface area contributed by atoms with E-state index in [1.54, 1.807) is 0 Å². The Balaban J connectivity index is 2.14. The Labute approximate surface area is 85.0 Å². The molecule has 1 fully saturated rings. The zero-order chi connectivity index (χ0) is 10.2. The molecule has 4 atom stereocenters. The van der Waals surface area contributed by atoms with E-state index in [2.05, 4.69) is 25.3 Å². The van der Waals surface area contributed by atoms with Crippen LogP contribution in [0.2, 0.25) is 0 Å². The largest absolute Gasteiger partial charge is 0.396 e. The number of hydrogen-bond acceptors (Lipinski definition) is 2. The zero-order valence-electron chi connectivity index (χ0n) is 8.49. The van der Waals surface area contributed by atoms with Crippen LogP contribution in [0.3, 0.4) is 0 Å². The third kappa shape index (κ3) is 1.37. The number of rotatable bonds is 2. The number of hydrogen-bond donors (Lipinski definition) is 1. The first-order valence-corrected chi connectivity index (χ1v) is 5.14. The maximum absolute atomic E-state index is 9.20. The molecule has 0 amide bonds. The van der Waals surface area contributed by atoms with Gasteiger partial charge in [-0.05, 0) is 25.7 Å². The number of ether oxygens (including phenoxy) is 1. The lowest BCUT2D eigenvalue weighted by Crippen LogP contribution is -2.51. The molecule has 76 valence electrons. The molecule has 0 aromatic heterocycles. The normalized spacial score (nSPS) is 45.1. The van der Waals surface area contributed by atoms with Gasteiger partial charge in [0.15, 0.2) is 0 Å². The van der Waals surface area contributed by atoms with Crippen molar-refractivity contribution in [3.63, 3.8) is 0 Å². The van der Waals surface area contributed by atoms with Crippen LogP contribution in [0.25, 0.3) is 0 Å². The Morgan fingerprint density at radius 3 is 2.93 bits per heavy atom. The van der Waals surface area contributed by atoms with Crippen molar-refractivity contribution in [3.8, 4) is 11.8 Å². The van der Waals surface area contributed by atoms with Gasteiger partial charge in [-0.3, -0.25) is 0 Å². The van der Waals surface area contributed by atoms with Crippen molar-refractivity contribution in [2.45, 2.75) is 31.5 Å². The van der Waals surface area contributed by atoms with E-state index in [1.807, 2.05) is 6.08 Å². The molecule has 0 aromatic rings. The molecular formula is C12H16O2. The second-order valence-corrected chi connectivity index (χ2v) is 4.26.